The molecule has 226 valence electrons. The number of hydrogen-bond donors (Lipinski definition) is 3. The standard InChI is InChI=1S/C29H36N4O8S/c34-26(17-33(41-21-8-4-5-9-21)42(36,37)22-10-11-24-20(15-22)16-30-32-24)25(14-19-6-2-1-3-7-19)31-29(35)40-27-18-39-28-23(27)12-13-38-28/h1-3,6-7,10-11,15-16,21,23,25-28,34H,4-5,8-9,12-14,17-18H2,(H,30,32)(H,31,35)/t23-,25-,26-,27?,28+/m0/s1. The number of H-pyrrole nitrogens is 1. The van der Waals surface area contributed by atoms with Crippen LogP contribution in [0.25, 0.3) is 10.9 Å². The number of rotatable bonds is 11. The summed E-state index contributed by atoms with van der Waals surface area (Å²) in [6.45, 7) is 0.382. The molecule has 1 aromatic heterocycles. The zero-order valence-corrected chi connectivity index (χ0v) is 23.9. The minimum absolute atomic E-state index is 0.0168. The molecule has 0 radical (unpaired) electrons. The monoisotopic (exact) mass is 600 g/mol. The number of hydrogen-bond acceptors (Lipinski definition) is 9. The smallest absolute Gasteiger partial charge is 0.407 e. The van der Waals surface area contributed by atoms with E-state index in [4.69, 9.17) is 19.0 Å². The van der Waals surface area contributed by atoms with E-state index < -0.39 is 40.9 Å². The van der Waals surface area contributed by atoms with Gasteiger partial charge in [0.15, 0.2) is 6.29 Å². The van der Waals surface area contributed by atoms with Crippen LogP contribution in [0, 0.1) is 5.92 Å². The largest absolute Gasteiger partial charge is 0.443 e. The highest BCUT2D eigenvalue weighted by atomic mass is 32.2. The van der Waals surface area contributed by atoms with Gasteiger partial charge in [0.05, 0.1) is 60.5 Å². The second-order valence-corrected chi connectivity index (χ2v) is 12.9. The van der Waals surface area contributed by atoms with Crippen molar-refractivity contribution in [3.63, 3.8) is 0 Å². The molecule has 3 aliphatic rings. The van der Waals surface area contributed by atoms with Gasteiger partial charge in [0, 0.05) is 5.39 Å². The Hall–Kier alpha value is -3.07. The molecule has 5 atom stereocenters. The Morgan fingerprint density at radius 2 is 1.95 bits per heavy atom. The Morgan fingerprint density at radius 1 is 1.14 bits per heavy atom. The Bertz CT molecular complexity index is 1460. The molecule has 1 amide bonds. The highest BCUT2D eigenvalue weighted by Crippen LogP contribution is 2.33. The molecule has 1 aliphatic carbocycles. The van der Waals surface area contributed by atoms with Gasteiger partial charge in [-0.05, 0) is 49.4 Å². The quantitative estimate of drug-likeness (QED) is 0.282. The number of nitrogens with one attached hydrogen (secondary N) is 2. The average Bonchev–Trinajstić information content (AvgIpc) is 3.79. The van der Waals surface area contributed by atoms with Crippen molar-refractivity contribution in [3.8, 4) is 0 Å². The second-order valence-electron chi connectivity index (χ2n) is 11.1. The Morgan fingerprint density at radius 3 is 2.76 bits per heavy atom. The van der Waals surface area contributed by atoms with Gasteiger partial charge in [-0.1, -0.05) is 47.6 Å². The molecule has 0 bridgehead atoms. The van der Waals surface area contributed by atoms with Gasteiger partial charge < -0.3 is 24.6 Å². The van der Waals surface area contributed by atoms with Crippen LogP contribution in [0.1, 0.15) is 37.7 Å². The molecule has 2 saturated heterocycles. The summed E-state index contributed by atoms with van der Waals surface area (Å²) >= 11 is 0. The van der Waals surface area contributed by atoms with Crippen LogP contribution >= 0.6 is 0 Å². The minimum Gasteiger partial charge on any atom is -0.443 e. The first-order valence-corrected chi connectivity index (χ1v) is 15.9. The lowest BCUT2D eigenvalue weighted by Gasteiger charge is -2.31. The maximum absolute atomic E-state index is 13.9. The molecule has 13 heteroatoms. The summed E-state index contributed by atoms with van der Waals surface area (Å²) in [5.41, 5.74) is 1.55. The number of aliphatic hydroxyl groups is 1. The van der Waals surface area contributed by atoms with Crippen LogP contribution in [-0.4, -0.2) is 84.7 Å². The first-order valence-electron chi connectivity index (χ1n) is 14.4. The van der Waals surface area contributed by atoms with Crippen LogP contribution in [0.2, 0.25) is 0 Å². The van der Waals surface area contributed by atoms with Crippen molar-refractivity contribution in [2.45, 2.75) is 74.1 Å². The van der Waals surface area contributed by atoms with Crippen LogP contribution in [0.3, 0.4) is 0 Å². The third kappa shape index (κ3) is 6.46. The van der Waals surface area contributed by atoms with Crippen molar-refractivity contribution >= 4 is 27.0 Å². The third-order valence-electron chi connectivity index (χ3n) is 8.19. The summed E-state index contributed by atoms with van der Waals surface area (Å²) in [5, 5.41) is 21.7. The van der Waals surface area contributed by atoms with E-state index in [0.29, 0.717) is 17.5 Å². The Kier molecular flexibility index (Phi) is 8.75. The van der Waals surface area contributed by atoms with Crippen LogP contribution in [0.15, 0.2) is 59.6 Å². The number of aliphatic hydroxyl groups excluding tert-OH is 1. The molecule has 0 spiro atoms. The summed E-state index contributed by atoms with van der Waals surface area (Å²) in [6, 6.07) is 13.1. The van der Waals surface area contributed by atoms with Crippen LogP contribution in [0.4, 0.5) is 4.79 Å². The van der Waals surface area contributed by atoms with Crippen molar-refractivity contribution in [2.75, 3.05) is 19.8 Å². The number of carbonyl (C=O) groups excluding carboxylic acids is 1. The number of hydroxylamine groups is 1. The number of aromatic amines is 1. The first kappa shape index (κ1) is 29.0. The number of alkyl carbamates (subject to hydrolysis) is 1. The summed E-state index contributed by atoms with van der Waals surface area (Å²) in [4.78, 5) is 19.1. The molecular weight excluding hydrogens is 564 g/mol. The lowest BCUT2D eigenvalue weighted by molar-refractivity contribution is -0.145. The molecule has 2 aliphatic heterocycles. The molecular formula is C29H36N4O8S. The van der Waals surface area contributed by atoms with Gasteiger partial charge in [-0.15, -0.1) is 0 Å². The molecule has 12 nitrogen and oxygen atoms in total. The predicted molar refractivity (Wildman–Crippen MR) is 150 cm³/mol. The van der Waals surface area contributed by atoms with Gasteiger partial charge in [0.2, 0.25) is 0 Å². The normalized spacial score (nSPS) is 24.2. The van der Waals surface area contributed by atoms with E-state index in [-0.39, 0.29) is 36.2 Å². The van der Waals surface area contributed by atoms with E-state index in [0.717, 1.165) is 42.1 Å². The molecule has 42 heavy (non-hydrogen) atoms. The van der Waals surface area contributed by atoms with E-state index >= 15 is 0 Å². The summed E-state index contributed by atoms with van der Waals surface area (Å²) in [7, 11) is -4.18. The maximum Gasteiger partial charge on any atom is 0.407 e. The molecule has 3 heterocycles. The number of benzene rings is 2. The third-order valence-corrected chi connectivity index (χ3v) is 9.81. The number of aromatic nitrogens is 2. The van der Waals surface area contributed by atoms with Crippen molar-refractivity contribution in [1.82, 2.24) is 20.0 Å². The molecule has 3 fully saturated rings. The van der Waals surface area contributed by atoms with Gasteiger partial charge in [-0.3, -0.25) is 9.94 Å². The average molecular weight is 601 g/mol. The van der Waals surface area contributed by atoms with E-state index in [9.17, 15) is 18.3 Å². The van der Waals surface area contributed by atoms with Gasteiger partial charge in [0.25, 0.3) is 10.0 Å². The van der Waals surface area contributed by atoms with E-state index in [1.54, 1.807) is 12.3 Å². The van der Waals surface area contributed by atoms with Crippen LogP contribution in [0.5, 0.6) is 0 Å². The van der Waals surface area contributed by atoms with Crippen LogP contribution in [-0.2, 0) is 35.5 Å². The Labute approximate surface area is 244 Å². The van der Waals surface area contributed by atoms with Gasteiger partial charge >= 0.3 is 6.09 Å². The van der Waals surface area contributed by atoms with Crippen molar-refractivity contribution < 1.29 is 37.4 Å². The van der Waals surface area contributed by atoms with Gasteiger partial charge in [0.1, 0.15) is 6.10 Å². The topological polar surface area (TPSA) is 152 Å². The first-order chi connectivity index (χ1) is 20.4. The summed E-state index contributed by atoms with van der Waals surface area (Å²) in [6.07, 6.45) is 2.65. The molecule has 6 rings (SSSR count). The number of sulfonamides is 1. The number of ether oxygens (including phenoxy) is 3. The fraction of sp³-hybridized carbons (Fsp3) is 0.517. The number of carbonyl (C=O) groups is 1. The molecule has 1 unspecified atom stereocenters. The second kappa shape index (κ2) is 12.7. The van der Waals surface area contributed by atoms with Crippen LogP contribution < -0.4 is 5.32 Å². The zero-order chi connectivity index (χ0) is 29.1. The van der Waals surface area contributed by atoms with Gasteiger partial charge in [-0.25, -0.2) is 13.2 Å². The lowest BCUT2D eigenvalue weighted by atomic mass is 10.0. The summed E-state index contributed by atoms with van der Waals surface area (Å²) < 4.78 is 45.4. The van der Waals surface area contributed by atoms with E-state index in [1.807, 2.05) is 30.3 Å². The highest BCUT2D eigenvalue weighted by molar-refractivity contribution is 7.89. The van der Waals surface area contributed by atoms with Crippen molar-refractivity contribution in [1.29, 1.82) is 0 Å². The minimum atomic E-state index is -4.18. The number of fused-ring (bicyclic) bond motifs is 2. The molecule has 1 saturated carbocycles. The van der Waals surface area contributed by atoms with E-state index in [1.165, 1.54) is 12.1 Å². The summed E-state index contributed by atoms with van der Waals surface area (Å²) in [5.74, 6) is -0.0405. The van der Waals surface area contributed by atoms with Crippen molar-refractivity contribution in [2.24, 2.45) is 5.92 Å². The molecule has 2 aromatic carbocycles. The fourth-order valence-corrected chi connectivity index (χ4v) is 7.19. The van der Waals surface area contributed by atoms with Crippen molar-refractivity contribution in [3.05, 3.63) is 60.3 Å². The van der Waals surface area contributed by atoms with Gasteiger partial charge in [-0.2, -0.15) is 5.10 Å². The SMILES string of the molecule is O=C(N[C@@H](Cc1ccccc1)[C@@H](O)CN(OC1CCCC1)S(=O)(=O)c1ccc2[nH]ncc2c1)OC1CO[C@H]2OCC[C@@H]12. The fourth-order valence-electron chi connectivity index (χ4n) is 5.86. The number of amides is 1. The van der Waals surface area contributed by atoms with E-state index in [2.05, 4.69) is 15.5 Å². The highest BCUT2D eigenvalue weighted by Gasteiger charge is 2.44. The Balaban J connectivity index is 1.22. The molecule has 3 N–H and O–H groups in total. The number of nitrogens with zero attached hydrogens (tertiary/aromatic N) is 2. The predicted octanol–water partition coefficient (Wildman–Crippen LogP) is 2.89. The maximum atomic E-state index is 13.9. The molecule has 3 aromatic rings. The lowest BCUT2D eigenvalue weighted by Crippen LogP contribution is -2.51. The zero-order valence-electron chi connectivity index (χ0n) is 23.1.